The first-order valence-corrected chi connectivity index (χ1v) is 7.27. The molecular weight excluding hydrogens is 342 g/mol. The van der Waals surface area contributed by atoms with E-state index >= 15 is 0 Å². The predicted octanol–water partition coefficient (Wildman–Crippen LogP) is 4.66. The van der Waals surface area contributed by atoms with Gasteiger partial charge in [-0.1, -0.05) is 28.1 Å². The number of benzene rings is 2. The molecule has 0 bridgehead atoms. The molecule has 0 aliphatic heterocycles. The van der Waals surface area contributed by atoms with Crippen LogP contribution in [0.15, 0.2) is 36.4 Å². The third kappa shape index (κ3) is 3.53. The lowest BCUT2D eigenvalue weighted by molar-refractivity contribution is 0.385. The second-order valence-electron chi connectivity index (χ2n) is 4.50. The summed E-state index contributed by atoms with van der Waals surface area (Å²) in [5, 5.41) is 0. The fourth-order valence-corrected chi connectivity index (χ4v) is 2.99. The molecule has 0 aliphatic rings. The Hall–Kier alpha value is -1.62. The average Bonchev–Trinajstić information content (AvgIpc) is 2.49. The van der Waals surface area contributed by atoms with Crippen LogP contribution in [0.2, 0.25) is 0 Å². The van der Waals surface area contributed by atoms with Crippen LogP contribution in [-0.4, -0.2) is 14.2 Å². The summed E-state index contributed by atoms with van der Waals surface area (Å²) in [6.45, 7) is 0. The van der Waals surface area contributed by atoms with E-state index in [9.17, 15) is 8.78 Å². The van der Waals surface area contributed by atoms with Crippen LogP contribution in [0.25, 0.3) is 0 Å². The van der Waals surface area contributed by atoms with Crippen molar-refractivity contribution in [2.75, 3.05) is 14.2 Å². The van der Waals surface area contributed by atoms with Crippen LogP contribution >= 0.6 is 15.9 Å². The van der Waals surface area contributed by atoms with Gasteiger partial charge >= 0.3 is 0 Å². The molecule has 2 rings (SSSR count). The van der Waals surface area contributed by atoms with E-state index in [1.807, 2.05) is 18.2 Å². The quantitative estimate of drug-likeness (QED) is 0.725. The second kappa shape index (κ2) is 6.89. The Kier molecular flexibility index (Phi) is 5.17. The smallest absolute Gasteiger partial charge is 0.159 e. The molecule has 0 N–H and O–H groups in total. The molecule has 0 radical (unpaired) electrons. The van der Waals surface area contributed by atoms with Crippen molar-refractivity contribution in [3.05, 3.63) is 59.2 Å². The fraction of sp³-hybridized carbons (Fsp3) is 0.250. The zero-order valence-corrected chi connectivity index (χ0v) is 13.3. The molecule has 0 saturated heterocycles. The van der Waals surface area contributed by atoms with Crippen molar-refractivity contribution >= 4 is 15.9 Å². The fourth-order valence-electron chi connectivity index (χ4n) is 2.16. The zero-order valence-electron chi connectivity index (χ0n) is 11.7. The summed E-state index contributed by atoms with van der Waals surface area (Å²) in [4.78, 5) is -0.145. The summed E-state index contributed by atoms with van der Waals surface area (Å²) < 4.78 is 36.9. The average molecular weight is 357 g/mol. The van der Waals surface area contributed by atoms with Crippen molar-refractivity contribution in [3.63, 3.8) is 0 Å². The van der Waals surface area contributed by atoms with Gasteiger partial charge in [-0.05, 0) is 36.2 Å². The van der Waals surface area contributed by atoms with Crippen LogP contribution in [0.5, 0.6) is 11.5 Å². The highest BCUT2D eigenvalue weighted by molar-refractivity contribution is 9.09. The Morgan fingerprint density at radius 3 is 2.14 bits per heavy atom. The number of methoxy groups -OCH3 is 2. The Bertz CT molecular complexity index is 609. The third-order valence-electron chi connectivity index (χ3n) is 3.18. The van der Waals surface area contributed by atoms with Gasteiger partial charge in [0.15, 0.2) is 11.6 Å². The molecule has 2 aromatic carbocycles. The molecule has 0 aromatic heterocycles. The Labute approximate surface area is 130 Å². The zero-order chi connectivity index (χ0) is 15.4. The standard InChI is InChI=1S/C16H15BrF2O2/c1-20-14-4-3-5-15(21-2)16(14)11(17)8-10-6-7-12(18)13(19)9-10/h3-7,9,11H,8H2,1-2H3. The van der Waals surface area contributed by atoms with Gasteiger partial charge in [0.2, 0.25) is 0 Å². The van der Waals surface area contributed by atoms with Gasteiger partial charge in [-0.3, -0.25) is 0 Å². The molecule has 5 heteroatoms. The number of ether oxygens (including phenoxy) is 2. The van der Waals surface area contributed by atoms with Crippen molar-refractivity contribution in [3.8, 4) is 11.5 Å². The van der Waals surface area contributed by atoms with Crippen LogP contribution in [0.3, 0.4) is 0 Å². The van der Waals surface area contributed by atoms with E-state index in [1.54, 1.807) is 20.3 Å². The van der Waals surface area contributed by atoms with Crippen molar-refractivity contribution in [1.82, 2.24) is 0 Å². The molecule has 0 spiro atoms. The molecule has 0 saturated carbocycles. The van der Waals surface area contributed by atoms with Crippen LogP contribution in [0, 0.1) is 11.6 Å². The van der Waals surface area contributed by atoms with E-state index in [0.29, 0.717) is 23.5 Å². The molecule has 112 valence electrons. The highest BCUT2D eigenvalue weighted by atomic mass is 79.9. The largest absolute Gasteiger partial charge is 0.496 e. The van der Waals surface area contributed by atoms with Crippen LogP contribution in [0.4, 0.5) is 8.78 Å². The van der Waals surface area contributed by atoms with Gasteiger partial charge in [0, 0.05) is 0 Å². The first-order chi connectivity index (χ1) is 10.1. The second-order valence-corrected chi connectivity index (χ2v) is 5.60. The molecule has 0 heterocycles. The van der Waals surface area contributed by atoms with Gasteiger partial charge in [-0.2, -0.15) is 0 Å². The van der Waals surface area contributed by atoms with E-state index in [-0.39, 0.29) is 4.83 Å². The summed E-state index contributed by atoms with van der Waals surface area (Å²) in [6, 6.07) is 9.39. The van der Waals surface area contributed by atoms with Crippen LogP contribution < -0.4 is 9.47 Å². The Morgan fingerprint density at radius 2 is 1.62 bits per heavy atom. The van der Waals surface area contributed by atoms with E-state index < -0.39 is 11.6 Å². The van der Waals surface area contributed by atoms with Gasteiger partial charge in [-0.25, -0.2) is 8.78 Å². The Balaban J connectivity index is 2.31. The first-order valence-electron chi connectivity index (χ1n) is 6.35. The maximum atomic E-state index is 13.3. The highest BCUT2D eigenvalue weighted by Crippen LogP contribution is 2.40. The molecule has 0 aliphatic carbocycles. The molecule has 1 atom stereocenters. The maximum absolute atomic E-state index is 13.3. The van der Waals surface area contributed by atoms with E-state index in [4.69, 9.17) is 9.47 Å². The minimum Gasteiger partial charge on any atom is -0.496 e. The van der Waals surface area contributed by atoms with Crippen molar-refractivity contribution in [2.24, 2.45) is 0 Å². The van der Waals surface area contributed by atoms with E-state index in [1.165, 1.54) is 6.07 Å². The molecule has 0 fully saturated rings. The lowest BCUT2D eigenvalue weighted by atomic mass is 10.0. The van der Waals surface area contributed by atoms with Gasteiger partial charge in [-0.15, -0.1) is 0 Å². The topological polar surface area (TPSA) is 18.5 Å². The Morgan fingerprint density at radius 1 is 1.00 bits per heavy atom. The number of halogens is 3. The molecular formula is C16H15BrF2O2. The first kappa shape index (κ1) is 15.8. The van der Waals surface area contributed by atoms with Crippen molar-refractivity contribution < 1.29 is 18.3 Å². The molecule has 2 nitrogen and oxygen atoms in total. The lowest BCUT2D eigenvalue weighted by Crippen LogP contribution is -2.02. The molecule has 2 aromatic rings. The van der Waals surface area contributed by atoms with Crippen LogP contribution in [-0.2, 0) is 6.42 Å². The van der Waals surface area contributed by atoms with Gasteiger partial charge in [0.05, 0.1) is 24.6 Å². The number of rotatable bonds is 5. The lowest BCUT2D eigenvalue weighted by Gasteiger charge is -2.18. The number of hydrogen-bond acceptors (Lipinski definition) is 2. The summed E-state index contributed by atoms with van der Waals surface area (Å²) >= 11 is 3.57. The van der Waals surface area contributed by atoms with Crippen LogP contribution in [0.1, 0.15) is 16.0 Å². The third-order valence-corrected chi connectivity index (χ3v) is 3.96. The van der Waals surface area contributed by atoms with Gasteiger partial charge in [0.25, 0.3) is 0 Å². The molecule has 21 heavy (non-hydrogen) atoms. The number of hydrogen-bond donors (Lipinski definition) is 0. The summed E-state index contributed by atoms with van der Waals surface area (Å²) in [5.41, 5.74) is 1.52. The minimum atomic E-state index is -0.848. The molecule has 0 amide bonds. The number of alkyl halides is 1. The van der Waals surface area contributed by atoms with Crippen molar-refractivity contribution in [2.45, 2.75) is 11.2 Å². The van der Waals surface area contributed by atoms with Gasteiger partial charge < -0.3 is 9.47 Å². The predicted molar refractivity (Wildman–Crippen MR) is 81.3 cm³/mol. The van der Waals surface area contributed by atoms with Gasteiger partial charge in [0.1, 0.15) is 11.5 Å². The summed E-state index contributed by atoms with van der Waals surface area (Å²) in [6.07, 6.45) is 0.480. The maximum Gasteiger partial charge on any atom is 0.159 e. The summed E-state index contributed by atoms with van der Waals surface area (Å²) in [5.74, 6) is -0.337. The van der Waals surface area contributed by atoms with E-state index in [2.05, 4.69) is 15.9 Å². The normalized spacial score (nSPS) is 12.0. The van der Waals surface area contributed by atoms with E-state index in [0.717, 1.165) is 11.6 Å². The highest BCUT2D eigenvalue weighted by Gasteiger charge is 2.19. The van der Waals surface area contributed by atoms with Crippen molar-refractivity contribution in [1.29, 1.82) is 0 Å². The SMILES string of the molecule is COc1cccc(OC)c1C(Br)Cc1ccc(F)c(F)c1. The minimum absolute atomic E-state index is 0.145. The monoisotopic (exact) mass is 356 g/mol. The summed E-state index contributed by atoms with van der Waals surface area (Å²) in [7, 11) is 3.16. The molecule has 1 unspecified atom stereocenters.